The predicted molar refractivity (Wildman–Crippen MR) is 66.6 cm³/mol. The van der Waals surface area contributed by atoms with Crippen molar-refractivity contribution >= 4 is 5.82 Å². The lowest BCUT2D eigenvalue weighted by molar-refractivity contribution is 0.378. The van der Waals surface area contributed by atoms with E-state index in [0.29, 0.717) is 0 Å². The molecule has 16 heavy (non-hydrogen) atoms. The van der Waals surface area contributed by atoms with Gasteiger partial charge in [0.1, 0.15) is 5.82 Å². The fourth-order valence-corrected chi connectivity index (χ4v) is 2.28. The second kappa shape index (κ2) is 5.89. The molecule has 90 valence electrons. The van der Waals surface area contributed by atoms with Gasteiger partial charge in [0, 0.05) is 25.7 Å². The van der Waals surface area contributed by atoms with E-state index in [-0.39, 0.29) is 0 Å². The molecule has 2 rings (SSSR count). The minimum Gasteiger partial charge on any atom is -0.370 e. The molecule has 4 heteroatoms. The molecule has 0 bridgehead atoms. The highest BCUT2D eigenvalue weighted by molar-refractivity contribution is 5.33. The standard InChI is InChI=1S/C12H22N4/c1-16-12(7-10-15-16)14-9-4-6-11-5-2-3-8-13-11/h7,10-11,13-14H,2-6,8-9H2,1H3. The number of piperidine rings is 1. The summed E-state index contributed by atoms with van der Waals surface area (Å²) in [6, 6.07) is 2.76. The number of rotatable bonds is 5. The van der Waals surface area contributed by atoms with E-state index in [2.05, 4.69) is 15.7 Å². The van der Waals surface area contributed by atoms with Crippen LogP contribution in [0.25, 0.3) is 0 Å². The Morgan fingerprint density at radius 1 is 1.56 bits per heavy atom. The average Bonchev–Trinajstić information content (AvgIpc) is 2.72. The van der Waals surface area contributed by atoms with Gasteiger partial charge in [0.2, 0.25) is 0 Å². The highest BCUT2D eigenvalue weighted by atomic mass is 15.3. The third-order valence-electron chi connectivity index (χ3n) is 3.27. The van der Waals surface area contributed by atoms with Crippen molar-refractivity contribution in [3.8, 4) is 0 Å². The molecule has 0 aliphatic carbocycles. The van der Waals surface area contributed by atoms with Gasteiger partial charge in [-0.15, -0.1) is 0 Å². The number of anilines is 1. The fraction of sp³-hybridized carbons (Fsp3) is 0.750. The van der Waals surface area contributed by atoms with E-state index in [1.807, 2.05) is 24.0 Å². The zero-order valence-electron chi connectivity index (χ0n) is 10.1. The second-order valence-electron chi connectivity index (χ2n) is 4.56. The van der Waals surface area contributed by atoms with Crippen LogP contribution in [0.4, 0.5) is 5.82 Å². The molecule has 2 heterocycles. The largest absolute Gasteiger partial charge is 0.370 e. The summed E-state index contributed by atoms with van der Waals surface area (Å²) in [6.07, 6.45) is 8.43. The van der Waals surface area contributed by atoms with E-state index >= 15 is 0 Å². The quantitative estimate of drug-likeness (QED) is 0.746. The molecule has 0 saturated carbocycles. The summed E-state index contributed by atoms with van der Waals surface area (Å²) < 4.78 is 1.87. The number of hydrogen-bond donors (Lipinski definition) is 2. The molecule has 1 aromatic heterocycles. The maximum Gasteiger partial charge on any atom is 0.123 e. The molecule has 0 amide bonds. The van der Waals surface area contributed by atoms with Gasteiger partial charge >= 0.3 is 0 Å². The molecule has 2 N–H and O–H groups in total. The SMILES string of the molecule is Cn1nccc1NCCCC1CCCCN1. The van der Waals surface area contributed by atoms with Crippen molar-refractivity contribution in [2.24, 2.45) is 7.05 Å². The molecule has 1 aliphatic rings. The summed E-state index contributed by atoms with van der Waals surface area (Å²) in [6.45, 7) is 2.25. The summed E-state index contributed by atoms with van der Waals surface area (Å²) in [7, 11) is 1.96. The Balaban J connectivity index is 1.59. The van der Waals surface area contributed by atoms with Gasteiger partial charge in [0.25, 0.3) is 0 Å². The lowest BCUT2D eigenvalue weighted by atomic mass is 10.0. The lowest BCUT2D eigenvalue weighted by Crippen LogP contribution is -2.34. The van der Waals surface area contributed by atoms with E-state index in [0.717, 1.165) is 18.4 Å². The molecule has 1 saturated heterocycles. The van der Waals surface area contributed by atoms with Crippen LogP contribution >= 0.6 is 0 Å². The maximum absolute atomic E-state index is 4.13. The molecule has 4 nitrogen and oxygen atoms in total. The maximum atomic E-state index is 4.13. The van der Waals surface area contributed by atoms with Crippen LogP contribution in [0.15, 0.2) is 12.3 Å². The molecule has 1 fully saturated rings. The molecule has 1 unspecified atom stereocenters. The van der Waals surface area contributed by atoms with Crippen LogP contribution in [-0.4, -0.2) is 28.9 Å². The van der Waals surface area contributed by atoms with Crippen LogP contribution in [0.1, 0.15) is 32.1 Å². The van der Waals surface area contributed by atoms with Crippen LogP contribution in [0.2, 0.25) is 0 Å². The van der Waals surface area contributed by atoms with Crippen molar-refractivity contribution < 1.29 is 0 Å². The average molecular weight is 222 g/mol. The first-order chi connectivity index (χ1) is 7.86. The fourth-order valence-electron chi connectivity index (χ4n) is 2.28. The Labute approximate surface area is 97.4 Å². The Morgan fingerprint density at radius 2 is 2.50 bits per heavy atom. The van der Waals surface area contributed by atoms with E-state index in [4.69, 9.17) is 0 Å². The molecular formula is C12H22N4. The number of nitrogens with one attached hydrogen (secondary N) is 2. The molecular weight excluding hydrogens is 200 g/mol. The first kappa shape index (κ1) is 11.5. The third kappa shape index (κ3) is 3.23. The van der Waals surface area contributed by atoms with Gasteiger partial charge in [-0.2, -0.15) is 5.10 Å². The van der Waals surface area contributed by atoms with Gasteiger partial charge in [-0.3, -0.25) is 4.68 Å². The van der Waals surface area contributed by atoms with Crippen molar-refractivity contribution in [3.63, 3.8) is 0 Å². The second-order valence-corrected chi connectivity index (χ2v) is 4.56. The lowest BCUT2D eigenvalue weighted by Gasteiger charge is -2.23. The van der Waals surface area contributed by atoms with Gasteiger partial charge in [0.05, 0.1) is 6.20 Å². The number of aryl methyl sites for hydroxylation is 1. The van der Waals surface area contributed by atoms with Gasteiger partial charge < -0.3 is 10.6 Å². The van der Waals surface area contributed by atoms with E-state index < -0.39 is 0 Å². The Bertz CT molecular complexity index is 302. The summed E-state index contributed by atoms with van der Waals surface area (Å²) >= 11 is 0. The van der Waals surface area contributed by atoms with E-state index in [1.165, 1.54) is 38.6 Å². The van der Waals surface area contributed by atoms with Crippen molar-refractivity contribution in [2.75, 3.05) is 18.4 Å². The number of aromatic nitrogens is 2. The Hall–Kier alpha value is -1.03. The zero-order chi connectivity index (χ0) is 11.2. The first-order valence-electron chi connectivity index (χ1n) is 6.31. The number of hydrogen-bond acceptors (Lipinski definition) is 3. The molecule has 1 aliphatic heterocycles. The summed E-state index contributed by atoms with van der Waals surface area (Å²) in [4.78, 5) is 0. The van der Waals surface area contributed by atoms with Crippen molar-refractivity contribution in [1.29, 1.82) is 0 Å². The van der Waals surface area contributed by atoms with Gasteiger partial charge in [-0.05, 0) is 32.2 Å². The minimum atomic E-state index is 0.752. The summed E-state index contributed by atoms with van der Waals surface area (Å²) in [5, 5.41) is 11.1. The third-order valence-corrected chi connectivity index (χ3v) is 3.27. The molecule has 1 atom stereocenters. The number of nitrogens with zero attached hydrogens (tertiary/aromatic N) is 2. The normalized spacial score (nSPS) is 20.9. The van der Waals surface area contributed by atoms with Gasteiger partial charge in [0.15, 0.2) is 0 Å². The summed E-state index contributed by atoms with van der Waals surface area (Å²) in [5.41, 5.74) is 0. The monoisotopic (exact) mass is 222 g/mol. The van der Waals surface area contributed by atoms with Crippen LogP contribution in [0.5, 0.6) is 0 Å². The smallest absolute Gasteiger partial charge is 0.123 e. The van der Waals surface area contributed by atoms with Gasteiger partial charge in [-0.25, -0.2) is 0 Å². The van der Waals surface area contributed by atoms with Crippen LogP contribution in [-0.2, 0) is 7.05 Å². The topological polar surface area (TPSA) is 41.9 Å². The Morgan fingerprint density at radius 3 is 3.19 bits per heavy atom. The first-order valence-corrected chi connectivity index (χ1v) is 6.31. The molecule has 0 aromatic carbocycles. The van der Waals surface area contributed by atoms with Crippen molar-refractivity contribution in [2.45, 2.75) is 38.1 Å². The van der Waals surface area contributed by atoms with Crippen LogP contribution in [0.3, 0.4) is 0 Å². The zero-order valence-corrected chi connectivity index (χ0v) is 10.1. The predicted octanol–water partition coefficient (Wildman–Crippen LogP) is 1.75. The van der Waals surface area contributed by atoms with Crippen molar-refractivity contribution in [1.82, 2.24) is 15.1 Å². The highest BCUT2D eigenvalue weighted by Gasteiger charge is 2.11. The molecule has 1 aromatic rings. The molecule has 0 spiro atoms. The molecule has 0 radical (unpaired) electrons. The summed E-state index contributed by atoms with van der Waals surface area (Å²) in [5.74, 6) is 1.11. The van der Waals surface area contributed by atoms with Crippen molar-refractivity contribution in [3.05, 3.63) is 12.3 Å². The van der Waals surface area contributed by atoms with Crippen LogP contribution in [0, 0.1) is 0 Å². The van der Waals surface area contributed by atoms with E-state index in [1.54, 1.807) is 0 Å². The van der Waals surface area contributed by atoms with E-state index in [9.17, 15) is 0 Å². The Kier molecular flexibility index (Phi) is 4.22. The van der Waals surface area contributed by atoms with Gasteiger partial charge in [-0.1, -0.05) is 6.42 Å². The van der Waals surface area contributed by atoms with Crippen LogP contribution < -0.4 is 10.6 Å². The highest BCUT2D eigenvalue weighted by Crippen LogP contribution is 2.12. The minimum absolute atomic E-state index is 0.752.